The Bertz CT molecular complexity index is 1080. The van der Waals surface area contributed by atoms with Crippen LogP contribution in [0.4, 0.5) is 5.69 Å². The predicted octanol–water partition coefficient (Wildman–Crippen LogP) is 1.54. The predicted molar refractivity (Wildman–Crippen MR) is 103 cm³/mol. The number of oxazole rings is 1. The van der Waals surface area contributed by atoms with Gasteiger partial charge < -0.3 is 19.8 Å². The van der Waals surface area contributed by atoms with Crippen molar-refractivity contribution in [2.75, 3.05) is 24.7 Å². The van der Waals surface area contributed by atoms with Crippen LogP contribution in [0.2, 0.25) is 0 Å². The number of nitrogens with zero attached hydrogens (tertiary/aromatic N) is 2. The molecule has 1 saturated heterocycles. The zero-order chi connectivity index (χ0) is 19.7. The first kappa shape index (κ1) is 18.2. The van der Waals surface area contributed by atoms with Gasteiger partial charge in [-0.3, -0.25) is 9.59 Å². The van der Waals surface area contributed by atoms with E-state index in [4.69, 9.17) is 14.9 Å². The molecule has 1 aromatic carbocycles. The zero-order valence-electron chi connectivity index (χ0n) is 14.8. The van der Waals surface area contributed by atoms with E-state index in [-0.39, 0.29) is 12.5 Å². The van der Waals surface area contributed by atoms with Gasteiger partial charge in [0.15, 0.2) is 0 Å². The standard InChI is InChI=1S/C19H17N3O5S/c20-18(24)16-6-5-15(28-16)9-14-10-22(19(25)27-14)13-3-1-12(2-4-13)21-7-8-26-11-17(21)23/h1-6,10H,7-9,11H2,(H2,20,24). The van der Waals surface area contributed by atoms with Crippen LogP contribution in [-0.2, 0) is 16.0 Å². The van der Waals surface area contributed by atoms with Crippen molar-refractivity contribution in [3.63, 3.8) is 0 Å². The molecule has 2 N–H and O–H groups in total. The van der Waals surface area contributed by atoms with Gasteiger partial charge in [0, 0.05) is 23.5 Å². The topological polar surface area (TPSA) is 108 Å². The lowest BCUT2D eigenvalue weighted by atomic mass is 10.2. The highest BCUT2D eigenvalue weighted by Gasteiger charge is 2.20. The van der Waals surface area contributed by atoms with E-state index in [0.717, 1.165) is 10.6 Å². The Morgan fingerprint density at radius 2 is 1.86 bits per heavy atom. The van der Waals surface area contributed by atoms with Crippen molar-refractivity contribution >= 4 is 28.8 Å². The summed E-state index contributed by atoms with van der Waals surface area (Å²) in [4.78, 5) is 38.3. The van der Waals surface area contributed by atoms with Crippen LogP contribution >= 0.6 is 11.3 Å². The minimum atomic E-state index is -0.503. The van der Waals surface area contributed by atoms with Crippen molar-refractivity contribution in [2.45, 2.75) is 6.42 Å². The number of benzene rings is 1. The van der Waals surface area contributed by atoms with Gasteiger partial charge in [0.25, 0.3) is 11.8 Å². The maximum atomic E-state index is 12.2. The van der Waals surface area contributed by atoms with Gasteiger partial charge in [0.1, 0.15) is 12.4 Å². The molecule has 2 aromatic heterocycles. The second-order valence-corrected chi connectivity index (χ2v) is 7.42. The molecule has 0 bridgehead atoms. The van der Waals surface area contributed by atoms with Crippen LogP contribution < -0.4 is 16.4 Å². The Labute approximate surface area is 163 Å². The van der Waals surface area contributed by atoms with Crippen LogP contribution in [0.25, 0.3) is 5.69 Å². The molecule has 8 nitrogen and oxygen atoms in total. The smallest absolute Gasteiger partial charge is 0.412 e. The van der Waals surface area contributed by atoms with Gasteiger partial charge in [-0.2, -0.15) is 0 Å². The fraction of sp³-hybridized carbons (Fsp3) is 0.211. The minimum absolute atomic E-state index is 0.0759. The lowest BCUT2D eigenvalue weighted by Crippen LogP contribution is -2.41. The molecular formula is C19H17N3O5S. The summed E-state index contributed by atoms with van der Waals surface area (Å²) in [5.41, 5.74) is 6.65. The fourth-order valence-corrected chi connectivity index (χ4v) is 3.88. The summed E-state index contributed by atoms with van der Waals surface area (Å²) in [5.74, 6) is -0.589. The maximum absolute atomic E-state index is 12.2. The molecule has 3 heterocycles. The molecule has 0 unspecified atom stereocenters. The Kier molecular flexibility index (Phi) is 4.84. The summed E-state index contributed by atoms with van der Waals surface area (Å²) in [5, 5.41) is 0. The van der Waals surface area contributed by atoms with E-state index in [1.165, 1.54) is 15.9 Å². The van der Waals surface area contributed by atoms with Gasteiger partial charge in [-0.25, -0.2) is 9.36 Å². The third-order valence-electron chi connectivity index (χ3n) is 4.37. The molecule has 1 aliphatic rings. The zero-order valence-corrected chi connectivity index (χ0v) is 15.6. The summed E-state index contributed by atoms with van der Waals surface area (Å²) in [6, 6.07) is 10.5. The average molecular weight is 399 g/mol. The Morgan fingerprint density at radius 1 is 1.11 bits per heavy atom. The molecule has 9 heteroatoms. The van der Waals surface area contributed by atoms with Crippen molar-refractivity contribution in [3.05, 3.63) is 68.7 Å². The molecule has 0 aliphatic carbocycles. The number of hydrogen-bond donors (Lipinski definition) is 1. The molecule has 4 rings (SSSR count). The van der Waals surface area contributed by atoms with Crippen LogP contribution in [-0.4, -0.2) is 36.1 Å². The quantitative estimate of drug-likeness (QED) is 0.700. The number of primary amides is 1. The largest absolute Gasteiger partial charge is 0.423 e. The van der Waals surface area contributed by atoms with Crippen LogP contribution in [0.1, 0.15) is 20.3 Å². The second kappa shape index (κ2) is 7.45. The normalized spacial score (nSPS) is 14.4. The van der Waals surface area contributed by atoms with Crippen LogP contribution in [0.5, 0.6) is 0 Å². The van der Waals surface area contributed by atoms with Crippen molar-refractivity contribution in [1.82, 2.24) is 4.57 Å². The molecule has 0 spiro atoms. The summed E-state index contributed by atoms with van der Waals surface area (Å²) < 4.78 is 11.9. The number of nitrogens with two attached hydrogens (primary N) is 1. The average Bonchev–Trinajstić information content (AvgIpc) is 3.29. The molecule has 1 fully saturated rings. The molecule has 0 saturated carbocycles. The molecule has 0 radical (unpaired) electrons. The summed E-state index contributed by atoms with van der Waals surface area (Å²) >= 11 is 1.27. The maximum Gasteiger partial charge on any atom is 0.423 e. The monoisotopic (exact) mass is 399 g/mol. The Hall–Kier alpha value is -3.17. The number of aromatic nitrogens is 1. The Balaban J connectivity index is 1.53. The van der Waals surface area contributed by atoms with E-state index in [9.17, 15) is 14.4 Å². The molecule has 144 valence electrons. The van der Waals surface area contributed by atoms with Gasteiger partial charge in [-0.15, -0.1) is 11.3 Å². The van der Waals surface area contributed by atoms with E-state index in [1.54, 1.807) is 47.5 Å². The Morgan fingerprint density at radius 3 is 2.54 bits per heavy atom. The van der Waals surface area contributed by atoms with Gasteiger partial charge >= 0.3 is 5.76 Å². The molecule has 28 heavy (non-hydrogen) atoms. The van der Waals surface area contributed by atoms with Crippen molar-refractivity contribution in [3.8, 4) is 5.69 Å². The molecule has 0 atom stereocenters. The number of amides is 2. The lowest BCUT2D eigenvalue weighted by Gasteiger charge is -2.26. The van der Waals surface area contributed by atoms with Crippen LogP contribution in [0.3, 0.4) is 0 Å². The highest BCUT2D eigenvalue weighted by molar-refractivity contribution is 7.14. The van der Waals surface area contributed by atoms with Crippen molar-refractivity contribution < 1.29 is 18.7 Å². The first-order valence-electron chi connectivity index (χ1n) is 8.60. The van der Waals surface area contributed by atoms with E-state index in [0.29, 0.717) is 35.9 Å². The molecular weight excluding hydrogens is 382 g/mol. The lowest BCUT2D eigenvalue weighted by molar-refractivity contribution is -0.125. The summed E-state index contributed by atoms with van der Waals surface area (Å²) in [6.45, 7) is 1.08. The number of carbonyl (C=O) groups is 2. The highest BCUT2D eigenvalue weighted by atomic mass is 32.1. The van der Waals surface area contributed by atoms with E-state index < -0.39 is 11.7 Å². The van der Waals surface area contributed by atoms with Crippen molar-refractivity contribution in [2.24, 2.45) is 5.73 Å². The van der Waals surface area contributed by atoms with Gasteiger partial charge in [-0.05, 0) is 36.4 Å². The first-order chi connectivity index (χ1) is 13.5. The van der Waals surface area contributed by atoms with E-state index in [1.807, 2.05) is 0 Å². The first-order valence-corrected chi connectivity index (χ1v) is 9.41. The van der Waals surface area contributed by atoms with Crippen LogP contribution in [0, 0.1) is 0 Å². The highest BCUT2D eigenvalue weighted by Crippen LogP contribution is 2.21. The van der Waals surface area contributed by atoms with E-state index in [2.05, 4.69) is 0 Å². The number of rotatable bonds is 5. The third kappa shape index (κ3) is 3.62. The number of ether oxygens (including phenoxy) is 1. The number of hydrogen-bond acceptors (Lipinski definition) is 6. The molecule has 3 aromatic rings. The fourth-order valence-electron chi connectivity index (χ4n) is 3.01. The van der Waals surface area contributed by atoms with Gasteiger partial charge in [0.2, 0.25) is 0 Å². The summed E-state index contributed by atoms with van der Waals surface area (Å²) in [7, 11) is 0. The van der Waals surface area contributed by atoms with Crippen molar-refractivity contribution in [1.29, 1.82) is 0 Å². The SMILES string of the molecule is NC(=O)c1ccc(Cc2cn(-c3ccc(N4CCOCC4=O)cc3)c(=O)o2)s1. The third-order valence-corrected chi connectivity index (χ3v) is 5.47. The number of anilines is 1. The summed E-state index contributed by atoms with van der Waals surface area (Å²) in [6.07, 6.45) is 2.02. The number of carbonyl (C=O) groups excluding carboxylic acids is 2. The molecule has 1 aliphatic heterocycles. The van der Waals surface area contributed by atoms with E-state index >= 15 is 0 Å². The van der Waals surface area contributed by atoms with Crippen LogP contribution in [0.15, 0.2) is 51.8 Å². The van der Waals surface area contributed by atoms with Gasteiger partial charge in [-0.1, -0.05) is 0 Å². The molecule has 2 amide bonds. The minimum Gasteiger partial charge on any atom is -0.412 e. The number of thiophene rings is 1. The van der Waals surface area contributed by atoms with Gasteiger partial charge in [0.05, 0.1) is 23.4 Å². The second-order valence-electron chi connectivity index (χ2n) is 6.25. The number of morpholine rings is 1.